The van der Waals surface area contributed by atoms with E-state index in [1.807, 2.05) is 24.3 Å². The van der Waals surface area contributed by atoms with Crippen LogP contribution in [-0.4, -0.2) is 25.7 Å². The minimum atomic E-state index is -0.662. The number of hydrogen-bond donors (Lipinski definition) is 1. The maximum Gasteiger partial charge on any atom is 0.331 e. The van der Waals surface area contributed by atoms with Gasteiger partial charge < -0.3 is 14.8 Å². The summed E-state index contributed by atoms with van der Waals surface area (Å²) in [6.07, 6.45) is 3.30. The molecular formula is C16H25NO3. The van der Waals surface area contributed by atoms with E-state index in [0.29, 0.717) is 0 Å². The summed E-state index contributed by atoms with van der Waals surface area (Å²) in [5.74, 6) is 0.561. The van der Waals surface area contributed by atoms with Gasteiger partial charge in [-0.1, -0.05) is 32.8 Å². The molecule has 0 heterocycles. The van der Waals surface area contributed by atoms with Crippen molar-refractivity contribution in [1.29, 1.82) is 0 Å². The molecule has 0 aromatic heterocycles. The molecule has 0 saturated carbocycles. The maximum absolute atomic E-state index is 12.3. The average Bonchev–Trinajstić information content (AvgIpc) is 2.47. The van der Waals surface area contributed by atoms with Crippen LogP contribution in [0.1, 0.15) is 39.5 Å². The SMILES string of the molecule is CCCC(CCC)(Nc1cccc(OC)c1)C(=O)OC. The Morgan fingerprint density at radius 1 is 1.20 bits per heavy atom. The monoisotopic (exact) mass is 279 g/mol. The van der Waals surface area contributed by atoms with Crippen LogP contribution in [0.4, 0.5) is 5.69 Å². The highest BCUT2D eigenvalue weighted by Gasteiger charge is 2.37. The smallest absolute Gasteiger partial charge is 0.331 e. The molecule has 1 aromatic rings. The Hall–Kier alpha value is -1.71. The van der Waals surface area contributed by atoms with E-state index in [2.05, 4.69) is 19.2 Å². The lowest BCUT2D eigenvalue weighted by molar-refractivity contribution is -0.146. The molecule has 0 bridgehead atoms. The van der Waals surface area contributed by atoms with Gasteiger partial charge in [0.05, 0.1) is 14.2 Å². The molecule has 4 nitrogen and oxygen atoms in total. The van der Waals surface area contributed by atoms with Crippen molar-refractivity contribution >= 4 is 11.7 Å². The Morgan fingerprint density at radius 2 is 1.85 bits per heavy atom. The van der Waals surface area contributed by atoms with Gasteiger partial charge in [-0.15, -0.1) is 0 Å². The summed E-state index contributed by atoms with van der Waals surface area (Å²) in [6, 6.07) is 7.61. The predicted molar refractivity (Wildman–Crippen MR) is 81.2 cm³/mol. The van der Waals surface area contributed by atoms with Crippen LogP contribution in [0.5, 0.6) is 5.75 Å². The zero-order valence-corrected chi connectivity index (χ0v) is 12.9. The quantitative estimate of drug-likeness (QED) is 0.738. The van der Waals surface area contributed by atoms with Crippen molar-refractivity contribution in [2.24, 2.45) is 0 Å². The van der Waals surface area contributed by atoms with Crippen LogP contribution in [0.3, 0.4) is 0 Å². The molecule has 0 atom stereocenters. The lowest BCUT2D eigenvalue weighted by Crippen LogP contribution is -2.47. The summed E-state index contributed by atoms with van der Waals surface area (Å²) in [6.45, 7) is 4.14. The fraction of sp³-hybridized carbons (Fsp3) is 0.562. The third-order valence-corrected chi connectivity index (χ3v) is 3.38. The zero-order valence-electron chi connectivity index (χ0n) is 12.9. The third-order valence-electron chi connectivity index (χ3n) is 3.38. The Morgan fingerprint density at radius 3 is 2.35 bits per heavy atom. The van der Waals surface area contributed by atoms with Gasteiger partial charge in [-0.3, -0.25) is 0 Å². The Balaban J connectivity index is 3.05. The van der Waals surface area contributed by atoms with Crippen LogP contribution < -0.4 is 10.1 Å². The fourth-order valence-corrected chi connectivity index (χ4v) is 2.53. The van der Waals surface area contributed by atoms with Gasteiger partial charge in [0.15, 0.2) is 0 Å². The Kier molecular flexibility index (Phi) is 6.36. The molecule has 0 fully saturated rings. The topological polar surface area (TPSA) is 47.6 Å². The molecule has 0 saturated heterocycles. The lowest BCUT2D eigenvalue weighted by Gasteiger charge is -2.32. The second-order valence-corrected chi connectivity index (χ2v) is 4.93. The van der Waals surface area contributed by atoms with Gasteiger partial charge in [-0.05, 0) is 25.0 Å². The highest BCUT2D eigenvalue weighted by atomic mass is 16.5. The van der Waals surface area contributed by atoms with Crippen LogP contribution in [0, 0.1) is 0 Å². The number of rotatable bonds is 8. The van der Waals surface area contributed by atoms with E-state index in [-0.39, 0.29) is 5.97 Å². The molecule has 0 aliphatic rings. The minimum Gasteiger partial charge on any atom is -0.497 e. The molecule has 0 spiro atoms. The lowest BCUT2D eigenvalue weighted by atomic mass is 9.88. The number of hydrogen-bond acceptors (Lipinski definition) is 4. The number of anilines is 1. The summed E-state index contributed by atoms with van der Waals surface area (Å²) < 4.78 is 10.2. The van der Waals surface area contributed by atoms with Crippen molar-refractivity contribution in [3.8, 4) is 5.75 Å². The molecule has 1 N–H and O–H groups in total. The Labute approximate surface area is 121 Å². The largest absolute Gasteiger partial charge is 0.497 e. The first-order valence-corrected chi connectivity index (χ1v) is 7.12. The van der Waals surface area contributed by atoms with Crippen LogP contribution in [0.2, 0.25) is 0 Å². The minimum absolute atomic E-state index is 0.205. The van der Waals surface area contributed by atoms with Crippen LogP contribution in [0.25, 0.3) is 0 Å². The van der Waals surface area contributed by atoms with E-state index in [4.69, 9.17) is 9.47 Å². The number of ether oxygens (including phenoxy) is 2. The van der Waals surface area contributed by atoms with Crippen LogP contribution in [-0.2, 0) is 9.53 Å². The van der Waals surface area contributed by atoms with Gasteiger partial charge in [-0.2, -0.15) is 0 Å². The maximum atomic E-state index is 12.3. The van der Waals surface area contributed by atoms with E-state index in [1.165, 1.54) is 7.11 Å². The second kappa shape index (κ2) is 7.78. The van der Waals surface area contributed by atoms with Crippen LogP contribution in [0.15, 0.2) is 24.3 Å². The number of benzene rings is 1. The Bertz CT molecular complexity index is 425. The van der Waals surface area contributed by atoms with Gasteiger partial charge >= 0.3 is 5.97 Å². The van der Waals surface area contributed by atoms with Crippen molar-refractivity contribution in [2.75, 3.05) is 19.5 Å². The first-order valence-electron chi connectivity index (χ1n) is 7.12. The van der Waals surface area contributed by atoms with Gasteiger partial charge in [0.2, 0.25) is 0 Å². The van der Waals surface area contributed by atoms with E-state index < -0.39 is 5.54 Å². The fourth-order valence-electron chi connectivity index (χ4n) is 2.53. The summed E-state index contributed by atoms with van der Waals surface area (Å²) in [4.78, 5) is 12.3. The first-order chi connectivity index (χ1) is 9.61. The van der Waals surface area contributed by atoms with Crippen molar-refractivity contribution in [2.45, 2.75) is 45.1 Å². The highest BCUT2D eigenvalue weighted by molar-refractivity contribution is 5.84. The summed E-state index contributed by atoms with van der Waals surface area (Å²) in [5, 5.41) is 3.37. The average molecular weight is 279 g/mol. The van der Waals surface area contributed by atoms with Crippen molar-refractivity contribution in [3.05, 3.63) is 24.3 Å². The van der Waals surface area contributed by atoms with E-state index in [9.17, 15) is 4.79 Å². The molecule has 0 radical (unpaired) electrons. The normalized spacial score (nSPS) is 11.0. The molecule has 0 aliphatic heterocycles. The zero-order chi connectivity index (χ0) is 15.0. The molecule has 1 rings (SSSR count). The van der Waals surface area contributed by atoms with Crippen molar-refractivity contribution < 1.29 is 14.3 Å². The molecule has 112 valence electrons. The number of carbonyl (C=O) groups excluding carboxylic acids is 1. The van der Waals surface area contributed by atoms with Gasteiger partial charge in [0.25, 0.3) is 0 Å². The van der Waals surface area contributed by atoms with Crippen LogP contribution >= 0.6 is 0 Å². The molecule has 0 amide bonds. The molecule has 4 heteroatoms. The highest BCUT2D eigenvalue weighted by Crippen LogP contribution is 2.28. The van der Waals surface area contributed by atoms with Crippen molar-refractivity contribution in [3.63, 3.8) is 0 Å². The summed E-state index contributed by atoms with van der Waals surface area (Å²) in [5.41, 5.74) is 0.210. The van der Waals surface area contributed by atoms with Gasteiger partial charge in [-0.25, -0.2) is 4.79 Å². The number of carbonyl (C=O) groups is 1. The molecule has 20 heavy (non-hydrogen) atoms. The molecular weight excluding hydrogens is 254 g/mol. The third kappa shape index (κ3) is 3.89. The molecule has 0 unspecified atom stereocenters. The summed E-state index contributed by atoms with van der Waals surface area (Å²) >= 11 is 0. The van der Waals surface area contributed by atoms with Gasteiger partial charge in [0, 0.05) is 11.8 Å². The van der Waals surface area contributed by atoms with E-state index in [1.54, 1.807) is 7.11 Å². The standard InChI is InChI=1S/C16H25NO3/c1-5-10-16(11-6-2,15(18)20-4)17-13-8-7-9-14(12-13)19-3/h7-9,12,17H,5-6,10-11H2,1-4H3. The van der Waals surface area contributed by atoms with Crippen molar-refractivity contribution in [1.82, 2.24) is 0 Å². The van der Waals surface area contributed by atoms with E-state index in [0.717, 1.165) is 37.1 Å². The predicted octanol–water partition coefficient (Wildman–Crippen LogP) is 3.62. The second-order valence-electron chi connectivity index (χ2n) is 4.93. The molecule has 0 aliphatic carbocycles. The van der Waals surface area contributed by atoms with Gasteiger partial charge in [0.1, 0.15) is 11.3 Å². The number of nitrogens with one attached hydrogen (secondary N) is 1. The first kappa shape index (κ1) is 16.3. The number of methoxy groups -OCH3 is 2. The summed E-state index contributed by atoms with van der Waals surface area (Å²) in [7, 11) is 3.07. The van der Waals surface area contributed by atoms with E-state index >= 15 is 0 Å². The number of esters is 1. The molecule has 1 aromatic carbocycles.